The lowest BCUT2D eigenvalue weighted by Gasteiger charge is -2.26. The number of nitrogens with one attached hydrogen (secondary N) is 2. The van der Waals surface area contributed by atoms with Crippen LogP contribution in [0.5, 0.6) is 11.5 Å². The highest BCUT2D eigenvalue weighted by atomic mass is 32.2. The molecule has 9 nitrogen and oxygen atoms in total. The summed E-state index contributed by atoms with van der Waals surface area (Å²) in [6.07, 6.45) is 2.16. The predicted octanol–water partition coefficient (Wildman–Crippen LogP) is 5.95. The maximum absolute atomic E-state index is 13.3. The number of unbranched alkanes of at least 4 members (excludes halogenated alkanes) is 2. The Morgan fingerprint density at radius 3 is 2.17 bits per heavy atom. The molecule has 232 valence electrons. The van der Waals surface area contributed by atoms with Crippen LogP contribution in [0.3, 0.4) is 0 Å². The van der Waals surface area contributed by atoms with E-state index in [1.807, 2.05) is 51.1 Å². The van der Waals surface area contributed by atoms with E-state index in [2.05, 4.69) is 30.8 Å². The highest BCUT2D eigenvalue weighted by Gasteiger charge is 2.39. The smallest absolute Gasteiger partial charge is 0.407 e. The van der Waals surface area contributed by atoms with E-state index in [-0.39, 0.29) is 20.8 Å². The molecule has 0 spiro atoms. The van der Waals surface area contributed by atoms with Crippen LogP contribution in [-0.4, -0.2) is 66.6 Å². The molecular weight excluding hydrogens is 574 g/mol. The minimum atomic E-state index is -3.82. The van der Waals surface area contributed by atoms with Crippen molar-refractivity contribution >= 4 is 33.8 Å². The molecule has 0 radical (unpaired) electrons. The summed E-state index contributed by atoms with van der Waals surface area (Å²) in [6.45, 7) is 13.0. The molecular formula is C31H45N3O6S2. The van der Waals surface area contributed by atoms with Gasteiger partial charge in [-0.1, -0.05) is 45.4 Å². The number of thioether (sulfide) groups is 1. The molecule has 0 aliphatic carbocycles. The van der Waals surface area contributed by atoms with Crippen LogP contribution in [-0.2, 0) is 19.6 Å². The van der Waals surface area contributed by atoms with Gasteiger partial charge in [0.05, 0.1) is 10.9 Å². The summed E-state index contributed by atoms with van der Waals surface area (Å²) in [7, 11) is -3.82. The Balaban J connectivity index is 1.53. The summed E-state index contributed by atoms with van der Waals surface area (Å²) >= 11 is 1.68. The molecule has 1 aliphatic heterocycles. The Morgan fingerprint density at radius 1 is 0.905 bits per heavy atom. The lowest BCUT2D eigenvalue weighted by molar-refractivity contribution is -0.130. The molecule has 2 N–H and O–H groups in total. The lowest BCUT2D eigenvalue weighted by Crippen LogP contribution is -2.43. The van der Waals surface area contributed by atoms with Crippen molar-refractivity contribution < 1.29 is 27.5 Å². The van der Waals surface area contributed by atoms with Crippen molar-refractivity contribution in [1.82, 2.24) is 14.9 Å². The molecule has 2 aromatic rings. The Labute approximate surface area is 255 Å². The average molecular weight is 620 g/mol. The SMILES string of the molecule is CC(C)(C)OC(=O)NCCCCCC(=O)N1C[C@H](NS(=O)(=O)c2ccc(Oc3ccccc3)cc2)[C@@H](SC(C)(C)C)C1. The van der Waals surface area contributed by atoms with Crippen LogP contribution in [0.2, 0.25) is 0 Å². The topological polar surface area (TPSA) is 114 Å². The van der Waals surface area contributed by atoms with Crippen molar-refractivity contribution in [2.45, 2.75) is 93.8 Å². The number of ether oxygens (including phenoxy) is 2. The number of alkyl carbamates (subject to hydrolysis) is 1. The van der Waals surface area contributed by atoms with Gasteiger partial charge in [0, 0.05) is 36.1 Å². The van der Waals surface area contributed by atoms with Gasteiger partial charge >= 0.3 is 6.09 Å². The molecule has 0 aromatic heterocycles. The largest absolute Gasteiger partial charge is 0.457 e. The molecule has 0 bridgehead atoms. The second-order valence-corrected chi connectivity index (χ2v) is 16.2. The van der Waals surface area contributed by atoms with E-state index < -0.39 is 27.8 Å². The Kier molecular flexibility index (Phi) is 11.7. The van der Waals surface area contributed by atoms with Crippen molar-refractivity contribution in [3.05, 3.63) is 54.6 Å². The number of carbonyl (C=O) groups excluding carboxylic acids is 2. The van der Waals surface area contributed by atoms with Crippen LogP contribution >= 0.6 is 11.8 Å². The fourth-order valence-corrected chi connectivity index (χ4v) is 7.32. The zero-order valence-electron chi connectivity index (χ0n) is 25.5. The van der Waals surface area contributed by atoms with Gasteiger partial charge in [0.2, 0.25) is 15.9 Å². The van der Waals surface area contributed by atoms with E-state index in [1.165, 1.54) is 12.1 Å². The van der Waals surface area contributed by atoms with Gasteiger partial charge in [0.15, 0.2) is 0 Å². The molecule has 1 saturated heterocycles. The molecule has 42 heavy (non-hydrogen) atoms. The summed E-state index contributed by atoms with van der Waals surface area (Å²) in [6, 6.07) is 15.2. The summed E-state index contributed by atoms with van der Waals surface area (Å²) in [5.41, 5.74) is -0.538. The number of sulfonamides is 1. The number of hydrogen-bond donors (Lipinski definition) is 2. The molecule has 11 heteroatoms. The van der Waals surface area contributed by atoms with Gasteiger partial charge in [-0.25, -0.2) is 17.9 Å². The quantitative estimate of drug-likeness (QED) is 0.282. The van der Waals surface area contributed by atoms with Crippen LogP contribution in [0.15, 0.2) is 59.5 Å². The van der Waals surface area contributed by atoms with Crippen LogP contribution < -0.4 is 14.8 Å². The van der Waals surface area contributed by atoms with Crippen LogP contribution in [0.1, 0.15) is 67.2 Å². The van der Waals surface area contributed by atoms with Crippen LogP contribution in [0.4, 0.5) is 4.79 Å². The standard InChI is InChI=1S/C31H45N3O6S2/c1-30(2,3)40-29(36)32-20-12-8-11-15-28(35)34-21-26(27(22-34)41-31(4,5)6)33-42(37,38)25-18-16-24(17-19-25)39-23-13-9-7-10-14-23/h7,9-10,13-14,16-19,26-27,33H,8,11-12,15,20-22H2,1-6H3,(H,32,36)/t26-,27-/m0/s1. The number of para-hydroxylation sites is 1. The van der Waals surface area contributed by atoms with Crippen molar-refractivity contribution in [2.24, 2.45) is 0 Å². The van der Waals surface area contributed by atoms with Gasteiger partial charge < -0.3 is 19.7 Å². The van der Waals surface area contributed by atoms with Gasteiger partial charge in [-0.05, 0) is 70.0 Å². The third-order valence-corrected chi connectivity index (χ3v) is 9.27. The molecule has 3 rings (SSSR count). The Bertz CT molecular complexity index is 1270. The summed E-state index contributed by atoms with van der Waals surface area (Å²) in [5.74, 6) is 1.22. The van der Waals surface area contributed by atoms with Gasteiger partial charge in [-0.2, -0.15) is 0 Å². The highest BCUT2D eigenvalue weighted by molar-refractivity contribution is 8.01. The molecule has 2 atom stereocenters. The number of rotatable bonds is 12. The van der Waals surface area contributed by atoms with Crippen LogP contribution in [0.25, 0.3) is 0 Å². The molecule has 2 amide bonds. The van der Waals surface area contributed by atoms with Crippen molar-refractivity contribution in [3.8, 4) is 11.5 Å². The minimum absolute atomic E-state index is 0.0127. The minimum Gasteiger partial charge on any atom is -0.457 e. The lowest BCUT2D eigenvalue weighted by atomic mass is 10.2. The first kappa shape index (κ1) is 33.7. The second-order valence-electron chi connectivity index (χ2n) is 12.4. The maximum atomic E-state index is 13.3. The summed E-state index contributed by atoms with van der Waals surface area (Å²) in [5, 5.41) is 2.65. The molecule has 1 heterocycles. The van der Waals surface area contributed by atoms with Crippen molar-refractivity contribution in [3.63, 3.8) is 0 Å². The summed E-state index contributed by atoms with van der Waals surface area (Å²) < 4.78 is 40.5. The molecule has 1 aliphatic rings. The molecule has 2 aromatic carbocycles. The van der Waals surface area contributed by atoms with Gasteiger partial charge in [0.25, 0.3) is 0 Å². The highest BCUT2D eigenvalue weighted by Crippen LogP contribution is 2.34. The fourth-order valence-electron chi connectivity index (χ4n) is 4.48. The predicted molar refractivity (Wildman–Crippen MR) is 167 cm³/mol. The zero-order chi connectivity index (χ0) is 31.0. The van der Waals surface area contributed by atoms with E-state index in [4.69, 9.17) is 9.47 Å². The van der Waals surface area contributed by atoms with Gasteiger partial charge in [-0.15, -0.1) is 11.8 Å². The molecule has 0 saturated carbocycles. The normalized spacial score (nSPS) is 17.6. The first-order chi connectivity index (χ1) is 19.6. The summed E-state index contributed by atoms with van der Waals surface area (Å²) in [4.78, 5) is 26.7. The monoisotopic (exact) mass is 619 g/mol. The first-order valence-electron chi connectivity index (χ1n) is 14.4. The third kappa shape index (κ3) is 11.5. The number of likely N-dealkylation sites (tertiary alicyclic amines) is 1. The first-order valence-corrected chi connectivity index (χ1v) is 16.8. The molecule has 1 fully saturated rings. The number of benzene rings is 2. The van der Waals surface area contributed by atoms with Crippen molar-refractivity contribution in [2.75, 3.05) is 19.6 Å². The van der Waals surface area contributed by atoms with Gasteiger partial charge in [0.1, 0.15) is 17.1 Å². The maximum Gasteiger partial charge on any atom is 0.407 e. The van der Waals surface area contributed by atoms with E-state index in [0.29, 0.717) is 44.0 Å². The van der Waals surface area contributed by atoms with Crippen molar-refractivity contribution in [1.29, 1.82) is 0 Å². The van der Waals surface area contributed by atoms with Gasteiger partial charge in [-0.3, -0.25) is 4.79 Å². The molecule has 0 unspecified atom stereocenters. The second kappa shape index (κ2) is 14.6. The number of nitrogens with zero attached hydrogens (tertiary/aromatic N) is 1. The Hall–Kier alpha value is -2.76. The van der Waals surface area contributed by atoms with E-state index in [1.54, 1.807) is 28.8 Å². The third-order valence-electron chi connectivity index (χ3n) is 6.28. The van der Waals surface area contributed by atoms with E-state index >= 15 is 0 Å². The van der Waals surface area contributed by atoms with E-state index in [9.17, 15) is 18.0 Å². The van der Waals surface area contributed by atoms with E-state index in [0.717, 1.165) is 12.8 Å². The Morgan fingerprint density at radius 2 is 1.55 bits per heavy atom. The average Bonchev–Trinajstić information content (AvgIpc) is 3.25. The zero-order valence-corrected chi connectivity index (χ0v) is 27.1. The number of amides is 2. The number of carbonyl (C=O) groups is 2. The fraction of sp³-hybridized carbons (Fsp3) is 0.548. The van der Waals surface area contributed by atoms with Crippen LogP contribution in [0, 0.1) is 0 Å². The number of hydrogen-bond acceptors (Lipinski definition) is 7.